The van der Waals surface area contributed by atoms with Crippen molar-refractivity contribution in [3.05, 3.63) is 49.9 Å². The first-order valence-corrected chi connectivity index (χ1v) is 10.7. The highest BCUT2D eigenvalue weighted by Gasteiger charge is 2.14. The van der Waals surface area contributed by atoms with Crippen LogP contribution in [0.3, 0.4) is 0 Å². The fourth-order valence-electron chi connectivity index (χ4n) is 2.12. The number of thiophene rings is 1. The lowest BCUT2D eigenvalue weighted by Gasteiger charge is -2.07. The van der Waals surface area contributed by atoms with Gasteiger partial charge in [0.15, 0.2) is 5.13 Å². The molecular formula is C17H14Cl2N2OS3. The third-order valence-electron chi connectivity index (χ3n) is 3.13. The van der Waals surface area contributed by atoms with Crippen LogP contribution in [0.2, 0.25) is 8.67 Å². The van der Waals surface area contributed by atoms with Crippen LogP contribution in [-0.4, -0.2) is 16.1 Å². The number of rotatable bonds is 5. The summed E-state index contributed by atoms with van der Waals surface area (Å²) in [6.07, 6.45) is 0. The fourth-order valence-corrected chi connectivity index (χ4v) is 5.21. The number of carbonyl (C=O) groups excluding carboxylic acids is 1. The van der Waals surface area contributed by atoms with Crippen LogP contribution >= 0.6 is 57.6 Å². The van der Waals surface area contributed by atoms with Crippen molar-refractivity contribution in [3.8, 4) is 11.3 Å². The van der Waals surface area contributed by atoms with Gasteiger partial charge in [0.2, 0.25) is 0 Å². The summed E-state index contributed by atoms with van der Waals surface area (Å²) in [5, 5.41) is 5.68. The molecule has 0 aliphatic rings. The maximum absolute atomic E-state index is 12.5. The molecule has 0 unspecified atom stereocenters. The molecule has 0 spiro atoms. The topological polar surface area (TPSA) is 42.0 Å². The highest BCUT2D eigenvalue weighted by Crippen LogP contribution is 2.39. The highest BCUT2D eigenvalue weighted by atomic mass is 35.5. The van der Waals surface area contributed by atoms with Gasteiger partial charge in [-0.2, -0.15) is 0 Å². The lowest BCUT2D eigenvalue weighted by atomic mass is 10.2. The average Bonchev–Trinajstić information content (AvgIpc) is 3.13. The molecule has 0 saturated heterocycles. The van der Waals surface area contributed by atoms with Gasteiger partial charge in [-0.3, -0.25) is 10.1 Å². The van der Waals surface area contributed by atoms with E-state index in [1.807, 2.05) is 23.6 Å². The summed E-state index contributed by atoms with van der Waals surface area (Å²) < 4.78 is 1.20. The second kappa shape index (κ2) is 8.10. The maximum Gasteiger partial charge on any atom is 0.257 e. The molecular weight excluding hydrogens is 415 g/mol. The van der Waals surface area contributed by atoms with Gasteiger partial charge in [0.1, 0.15) is 4.34 Å². The summed E-state index contributed by atoms with van der Waals surface area (Å²) in [6.45, 7) is 4.24. The van der Waals surface area contributed by atoms with Gasteiger partial charge in [0.25, 0.3) is 5.91 Å². The molecule has 0 fully saturated rings. The van der Waals surface area contributed by atoms with Crippen LogP contribution in [0, 0.1) is 0 Å². The molecule has 1 amide bonds. The highest BCUT2D eigenvalue weighted by molar-refractivity contribution is 7.99. The Hall–Kier alpha value is -1.05. The zero-order valence-corrected chi connectivity index (χ0v) is 17.3. The first kappa shape index (κ1) is 18.7. The summed E-state index contributed by atoms with van der Waals surface area (Å²) in [7, 11) is 0. The number of thioether (sulfide) groups is 1. The van der Waals surface area contributed by atoms with Gasteiger partial charge in [-0.15, -0.1) is 34.4 Å². The third kappa shape index (κ3) is 4.77. The van der Waals surface area contributed by atoms with E-state index in [0.717, 1.165) is 10.5 Å². The molecule has 3 nitrogen and oxygen atoms in total. The Labute approximate surface area is 168 Å². The van der Waals surface area contributed by atoms with Gasteiger partial charge < -0.3 is 0 Å². The molecule has 2 heterocycles. The van der Waals surface area contributed by atoms with Crippen LogP contribution in [0.25, 0.3) is 11.3 Å². The van der Waals surface area contributed by atoms with Crippen molar-refractivity contribution in [2.24, 2.45) is 0 Å². The Bertz CT molecular complexity index is 905. The number of aromatic nitrogens is 1. The van der Waals surface area contributed by atoms with Crippen molar-refractivity contribution >= 4 is 68.7 Å². The average molecular weight is 429 g/mol. The molecule has 0 bridgehead atoms. The number of anilines is 1. The lowest BCUT2D eigenvalue weighted by molar-refractivity contribution is 0.102. The van der Waals surface area contributed by atoms with E-state index in [1.54, 1.807) is 23.9 Å². The molecule has 0 atom stereocenters. The number of thiazole rings is 1. The molecule has 0 aliphatic carbocycles. The number of benzene rings is 1. The van der Waals surface area contributed by atoms with Crippen LogP contribution in [0.15, 0.2) is 40.6 Å². The molecule has 1 N–H and O–H groups in total. The lowest BCUT2D eigenvalue weighted by Crippen LogP contribution is -2.11. The summed E-state index contributed by atoms with van der Waals surface area (Å²) >= 11 is 16.5. The minimum atomic E-state index is -0.179. The van der Waals surface area contributed by atoms with Gasteiger partial charge in [-0.1, -0.05) is 43.1 Å². The largest absolute Gasteiger partial charge is 0.298 e. The molecule has 2 aromatic heterocycles. The number of halogens is 2. The molecule has 8 heteroatoms. The SMILES string of the molecule is CC(C)Sc1cccc(C(=O)Nc2nc(-c3cc(Cl)sc3Cl)cs2)c1. The van der Waals surface area contributed by atoms with Gasteiger partial charge in [0, 0.05) is 26.7 Å². The van der Waals surface area contributed by atoms with Crippen molar-refractivity contribution in [2.45, 2.75) is 24.0 Å². The Morgan fingerprint density at radius 2 is 2.08 bits per heavy atom. The van der Waals surface area contributed by atoms with Gasteiger partial charge in [-0.25, -0.2) is 4.98 Å². The van der Waals surface area contributed by atoms with Crippen LogP contribution in [0.5, 0.6) is 0 Å². The minimum Gasteiger partial charge on any atom is -0.298 e. The van der Waals surface area contributed by atoms with E-state index in [0.29, 0.717) is 30.3 Å². The Morgan fingerprint density at radius 3 is 2.76 bits per heavy atom. The molecule has 3 aromatic rings. The van der Waals surface area contributed by atoms with Crippen LogP contribution < -0.4 is 5.32 Å². The monoisotopic (exact) mass is 428 g/mol. The predicted molar refractivity (Wildman–Crippen MR) is 111 cm³/mol. The van der Waals surface area contributed by atoms with Gasteiger partial charge >= 0.3 is 0 Å². The smallest absolute Gasteiger partial charge is 0.257 e. The zero-order valence-electron chi connectivity index (χ0n) is 13.4. The molecule has 130 valence electrons. The molecule has 25 heavy (non-hydrogen) atoms. The summed E-state index contributed by atoms with van der Waals surface area (Å²) in [5.74, 6) is -0.179. The number of nitrogens with one attached hydrogen (secondary N) is 1. The molecule has 3 rings (SSSR count). The Kier molecular flexibility index (Phi) is 6.07. The molecule has 0 saturated carbocycles. The van der Waals surface area contributed by atoms with Crippen molar-refractivity contribution < 1.29 is 4.79 Å². The third-order valence-corrected chi connectivity index (χ3v) is 6.37. The molecule has 0 radical (unpaired) electrons. The van der Waals surface area contributed by atoms with Crippen molar-refractivity contribution in [1.82, 2.24) is 4.98 Å². The van der Waals surface area contributed by atoms with E-state index < -0.39 is 0 Å². The van der Waals surface area contributed by atoms with Crippen molar-refractivity contribution in [1.29, 1.82) is 0 Å². The van der Waals surface area contributed by atoms with E-state index in [4.69, 9.17) is 23.2 Å². The number of amides is 1. The van der Waals surface area contributed by atoms with E-state index in [2.05, 4.69) is 24.1 Å². The van der Waals surface area contributed by atoms with Crippen molar-refractivity contribution in [3.63, 3.8) is 0 Å². The second-order valence-corrected chi connectivity index (χ2v) is 10.2. The normalized spacial score (nSPS) is 11.1. The zero-order chi connectivity index (χ0) is 18.0. The Balaban J connectivity index is 1.75. The maximum atomic E-state index is 12.5. The number of nitrogens with zero attached hydrogens (tertiary/aromatic N) is 1. The quantitative estimate of drug-likeness (QED) is 0.447. The first-order chi connectivity index (χ1) is 11.9. The van der Waals surface area contributed by atoms with Gasteiger partial charge in [0.05, 0.1) is 10.0 Å². The number of hydrogen-bond donors (Lipinski definition) is 1. The van der Waals surface area contributed by atoms with Gasteiger partial charge in [-0.05, 0) is 24.3 Å². The van der Waals surface area contributed by atoms with Crippen LogP contribution in [0.4, 0.5) is 5.13 Å². The first-order valence-electron chi connectivity index (χ1n) is 7.41. The van der Waals surface area contributed by atoms with E-state index in [9.17, 15) is 4.79 Å². The number of hydrogen-bond acceptors (Lipinski definition) is 5. The number of carbonyl (C=O) groups is 1. The van der Waals surface area contributed by atoms with E-state index >= 15 is 0 Å². The van der Waals surface area contributed by atoms with Crippen molar-refractivity contribution in [2.75, 3.05) is 5.32 Å². The summed E-state index contributed by atoms with van der Waals surface area (Å²) in [5.41, 5.74) is 2.10. The summed E-state index contributed by atoms with van der Waals surface area (Å²) in [6, 6.07) is 9.36. The summed E-state index contributed by atoms with van der Waals surface area (Å²) in [4.78, 5) is 18.0. The standard InChI is InChI=1S/C17H14Cl2N2OS3/c1-9(2)24-11-5-3-4-10(6-11)16(22)21-17-20-13(8-23-17)12-7-14(18)25-15(12)19/h3-9H,1-2H3,(H,20,21,22). The van der Waals surface area contributed by atoms with Crippen LogP contribution in [0.1, 0.15) is 24.2 Å². The minimum absolute atomic E-state index is 0.179. The fraction of sp³-hybridized carbons (Fsp3) is 0.176. The van der Waals surface area contributed by atoms with Crippen LogP contribution in [-0.2, 0) is 0 Å². The Morgan fingerprint density at radius 1 is 1.28 bits per heavy atom. The van der Waals surface area contributed by atoms with E-state index in [1.165, 1.54) is 22.7 Å². The predicted octanol–water partition coefficient (Wildman–Crippen LogP) is 6.93. The van der Waals surface area contributed by atoms with E-state index in [-0.39, 0.29) is 5.91 Å². The molecule has 0 aliphatic heterocycles. The molecule has 1 aromatic carbocycles. The second-order valence-electron chi connectivity index (χ2n) is 5.42.